The zero-order valence-corrected chi connectivity index (χ0v) is 11.8. The minimum absolute atomic E-state index is 0.181. The molecule has 1 fully saturated rings. The van der Waals surface area contributed by atoms with Gasteiger partial charge in [0.15, 0.2) is 11.5 Å². The minimum atomic E-state index is 0.181. The molecule has 19 heavy (non-hydrogen) atoms. The molecule has 1 heterocycles. The normalized spacial score (nSPS) is 19.6. The zero-order chi connectivity index (χ0) is 13.4. The van der Waals surface area contributed by atoms with Crippen LogP contribution in [0.3, 0.4) is 0 Å². The van der Waals surface area contributed by atoms with Crippen molar-refractivity contribution in [3.8, 4) is 11.5 Å². The molecule has 1 aromatic carbocycles. The molecule has 1 aliphatic carbocycles. The van der Waals surface area contributed by atoms with Gasteiger partial charge in [0.05, 0.1) is 5.02 Å². The van der Waals surface area contributed by atoms with E-state index in [1.54, 1.807) is 0 Å². The summed E-state index contributed by atoms with van der Waals surface area (Å²) < 4.78 is 11.2. The third kappa shape index (κ3) is 2.53. The first-order chi connectivity index (χ1) is 9.20. The van der Waals surface area contributed by atoms with E-state index in [0.29, 0.717) is 36.6 Å². The van der Waals surface area contributed by atoms with E-state index in [-0.39, 0.29) is 6.04 Å². The fraction of sp³-hybridized carbons (Fsp3) is 0.571. The lowest BCUT2D eigenvalue weighted by Crippen LogP contribution is -2.32. The molecule has 1 unspecified atom stereocenters. The Morgan fingerprint density at radius 2 is 2.11 bits per heavy atom. The molecule has 3 rings (SSSR count). The van der Waals surface area contributed by atoms with E-state index in [1.165, 1.54) is 12.8 Å². The lowest BCUT2D eigenvalue weighted by Gasteiger charge is -2.29. The standard InChI is InChI=1S/C14H19ClN2O2/c1-17(10-2-3-10)12(8-16)9-6-11(15)14-13(7-9)18-4-5-19-14/h6-7,10,12H,2-5,8,16H2,1H3. The van der Waals surface area contributed by atoms with Crippen LogP contribution in [0.5, 0.6) is 11.5 Å². The average molecular weight is 283 g/mol. The van der Waals surface area contributed by atoms with Gasteiger partial charge in [-0.25, -0.2) is 0 Å². The minimum Gasteiger partial charge on any atom is -0.486 e. The molecular weight excluding hydrogens is 264 g/mol. The topological polar surface area (TPSA) is 47.7 Å². The molecule has 0 saturated heterocycles. The van der Waals surface area contributed by atoms with Gasteiger partial charge in [-0.2, -0.15) is 0 Å². The molecule has 5 heteroatoms. The summed E-state index contributed by atoms with van der Waals surface area (Å²) in [6.45, 7) is 1.69. The van der Waals surface area contributed by atoms with E-state index in [0.717, 1.165) is 11.3 Å². The van der Waals surface area contributed by atoms with Crippen LogP contribution in [0.15, 0.2) is 12.1 Å². The summed E-state index contributed by atoms with van der Waals surface area (Å²) >= 11 is 6.28. The predicted octanol–water partition coefficient (Wildman–Crippen LogP) is 2.21. The number of likely N-dealkylation sites (N-methyl/N-ethyl adjacent to an activating group) is 1. The fourth-order valence-electron chi connectivity index (χ4n) is 2.60. The van der Waals surface area contributed by atoms with Crippen molar-refractivity contribution in [2.24, 2.45) is 5.73 Å². The molecule has 4 nitrogen and oxygen atoms in total. The van der Waals surface area contributed by atoms with Crippen molar-refractivity contribution in [2.75, 3.05) is 26.8 Å². The van der Waals surface area contributed by atoms with Crippen LogP contribution in [-0.4, -0.2) is 37.7 Å². The van der Waals surface area contributed by atoms with Crippen LogP contribution in [0.2, 0.25) is 5.02 Å². The van der Waals surface area contributed by atoms with E-state index in [4.69, 9.17) is 26.8 Å². The van der Waals surface area contributed by atoms with Crippen LogP contribution in [0.4, 0.5) is 0 Å². The van der Waals surface area contributed by atoms with Crippen LogP contribution >= 0.6 is 11.6 Å². The first-order valence-corrected chi connectivity index (χ1v) is 7.09. The van der Waals surface area contributed by atoms with Gasteiger partial charge in [-0.05, 0) is 37.6 Å². The summed E-state index contributed by atoms with van der Waals surface area (Å²) in [5, 5.41) is 0.606. The molecule has 104 valence electrons. The summed E-state index contributed by atoms with van der Waals surface area (Å²) in [6.07, 6.45) is 2.51. The first kappa shape index (κ1) is 13.0. The van der Waals surface area contributed by atoms with Crippen molar-refractivity contribution < 1.29 is 9.47 Å². The smallest absolute Gasteiger partial charge is 0.179 e. The molecule has 0 spiro atoms. The Balaban J connectivity index is 1.92. The predicted molar refractivity (Wildman–Crippen MR) is 75.0 cm³/mol. The van der Waals surface area contributed by atoms with Gasteiger partial charge in [-0.3, -0.25) is 4.90 Å². The third-order valence-corrected chi connectivity index (χ3v) is 4.12. The summed E-state index contributed by atoms with van der Waals surface area (Å²) in [6, 6.07) is 4.80. The third-order valence-electron chi connectivity index (χ3n) is 3.84. The summed E-state index contributed by atoms with van der Waals surface area (Å²) in [4.78, 5) is 2.34. The molecule has 0 amide bonds. The monoisotopic (exact) mass is 282 g/mol. The average Bonchev–Trinajstić information content (AvgIpc) is 3.24. The zero-order valence-electron chi connectivity index (χ0n) is 11.1. The van der Waals surface area contributed by atoms with E-state index in [1.807, 2.05) is 12.1 Å². The molecule has 2 N–H and O–H groups in total. The largest absolute Gasteiger partial charge is 0.486 e. The van der Waals surface area contributed by atoms with Gasteiger partial charge in [0.25, 0.3) is 0 Å². The van der Waals surface area contributed by atoms with Gasteiger partial charge in [0.1, 0.15) is 13.2 Å². The highest BCUT2D eigenvalue weighted by Crippen LogP contribution is 2.41. The second-order valence-corrected chi connectivity index (χ2v) is 5.58. The summed E-state index contributed by atoms with van der Waals surface area (Å²) in [5.74, 6) is 1.39. The molecule has 1 atom stereocenters. The summed E-state index contributed by atoms with van der Waals surface area (Å²) in [5.41, 5.74) is 7.04. The Bertz CT molecular complexity index is 477. The van der Waals surface area contributed by atoms with E-state index < -0.39 is 0 Å². The lowest BCUT2D eigenvalue weighted by atomic mass is 10.0. The van der Waals surface area contributed by atoms with Gasteiger partial charge < -0.3 is 15.2 Å². The Kier molecular flexibility index (Phi) is 3.56. The highest BCUT2D eigenvalue weighted by atomic mass is 35.5. The number of rotatable bonds is 4. The van der Waals surface area contributed by atoms with Crippen molar-refractivity contribution in [3.63, 3.8) is 0 Å². The number of nitrogens with zero attached hydrogens (tertiary/aromatic N) is 1. The van der Waals surface area contributed by atoms with Crippen LogP contribution in [-0.2, 0) is 0 Å². The Hall–Kier alpha value is -0.970. The Morgan fingerprint density at radius 1 is 1.37 bits per heavy atom. The number of fused-ring (bicyclic) bond motifs is 1. The number of halogens is 1. The molecular formula is C14H19ClN2O2. The van der Waals surface area contributed by atoms with Gasteiger partial charge in [0, 0.05) is 18.6 Å². The maximum absolute atomic E-state index is 6.28. The fourth-order valence-corrected chi connectivity index (χ4v) is 2.87. The first-order valence-electron chi connectivity index (χ1n) is 6.71. The maximum Gasteiger partial charge on any atom is 0.179 e. The Morgan fingerprint density at radius 3 is 2.79 bits per heavy atom. The van der Waals surface area contributed by atoms with Crippen LogP contribution in [0.25, 0.3) is 0 Å². The number of benzene rings is 1. The Labute approximate surface area is 118 Å². The second kappa shape index (κ2) is 5.19. The molecule has 1 aliphatic heterocycles. The highest BCUT2D eigenvalue weighted by molar-refractivity contribution is 6.32. The molecule has 0 radical (unpaired) electrons. The van der Waals surface area contributed by atoms with Crippen LogP contribution in [0.1, 0.15) is 24.4 Å². The van der Waals surface area contributed by atoms with Crippen molar-refractivity contribution in [1.82, 2.24) is 4.90 Å². The van der Waals surface area contributed by atoms with Crippen molar-refractivity contribution >= 4 is 11.6 Å². The quantitative estimate of drug-likeness (QED) is 0.920. The van der Waals surface area contributed by atoms with Crippen molar-refractivity contribution in [1.29, 1.82) is 0 Å². The summed E-state index contributed by atoms with van der Waals surface area (Å²) in [7, 11) is 2.12. The van der Waals surface area contributed by atoms with Gasteiger partial charge >= 0.3 is 0 Å². The number of hydrogen-bond acceptors (Lipinski definition) is 4. The molecule has 2 aliphatic rings. The molecule has 1 aromatic rings. The van der Waals surface area contributed by atoms with E-state index in [9.17, 15) is 0 Å². The highest BCUT2D eigenvalue weighted by Gasteiger charge is 2.32. The lowest BCUT2D eigenvalue weighted by molar-refractivity contribution is 0.170. The second-order valence-electron chi connectivity index (χ2n) is 5.18. The van der Waals surface area contributed by atoms with E-state index >= 15 is 0 Å². The molecule has 0 aromatic heterocycles. The number of hydrogen-bond donors (Lipinski definition) is 1. The van der Waals surface area contributed by atoms with Gasteiger partial charge in [-0.1, -0.05) is 11.6 Å². The molecule has 1 saturated carbocycles. The molecule has 0 bridgehead atoms. The van der Waals surface area contributed by atoms with Crippen LogP contribution < -0.4 is 15.2 Å². The van der Waals surface area contributed by atoms with E-state index in [2.05, 4.69) is 11.9 Å². The number of nitrogens with two attached hydrogens (primary N) is 1. The van der Waals surface area contributed by atoms with Crippen LogP contribution in [0, 0.1) is 0 Å². The number of ether oxygens (including phenoxy) is 2. The van der Waals surface area contributed by atoms with Crippen molar-refractivity contribution in [3.05, 3.63) is 22.7 Å². The maximum atomic E-state index is 6.28. The van der Waals surface area contributed by atoms with Gasteiger partial charge in [0.2, 0.25) is 0 Å². The van der Waals surface area contributed by atoms with Gasteiger partial charge in [-0.15, -0.1) is 0 Å². The SMILES string of the molecule is CN(C1CC1)C(CN)c1cc(Cl)c2c(c1)OCCO2. The van der Waals surface area contributed by atoms with Crippen molar-refractivity contribution in [2.45, 2.75) is 24.9 Å².